The molecule has 3 rings (SSSR count). The topological polar surface area (TPSA) is 99.9 Å². The minimum Gasteiger partial charge on any atom is -0.476 e. The van der Waals surface area contributed by atoms with E-state index in [9.17, 15) is 9.90 Å². The first kappa shape index (κ1) is 22.1. The molecule has 1 aromatic rings. The van der Waals surface area contributed by atoms with Gasteiger partial charge in [-0.25, -0.2) is 19.8 Å². The zero-order chi connectivity index (χ0) is 21.3. The molecule has 0 spiro atoms. The van der Waals surface area contributed by atoms with Crippen molar-refractivity contribution in [1.82, 2.24) is 15.3 Å². The number of carboxylic acids is 1. The van der Waals surface area contributed by atoms with Gasteiger partial charge in [0.1, 0.15) is 0 Å². The lowest BCUT2D eigenvalue weighted by Gasteiger charge is -2.30. The maximum Gasteiger partial charge on any atom is 0.357 e. The average Bonchev–Trinajstić information content (AvgIpc) is 2.78. The molecule has 1 atom stereocenters. The molecule has 0 bridgehead atoms. The molecule has 1 aliphatic carbocycles. The summed E-state index contributed by atoms with van der Waals surface area (Å²) in [6, 6.07) is 0.0324. The summed E-state index contributed by atoms with van der Waals surface area (Å²) in [6.07, 6.45) is 11.6. The number of ether oxygens (including phenoxy) is 1. The highest BCUT2D eigenvalue weighted by atomic mass is 16.5. The van der Waals surface area contributed by atoms with Crippen molar-refractivity contribution in [2.45, 2.75) is 71.3 Å². The molecule has 0 radical (unpaired) electrons. The lowest BCUT2D eigenvalue weighted by atomic mass is 9.92. The van der Waals surface area contributed by atoms with Crippen LogP contribution in [0.4, 0.5) is 5.95 Å². The van der Waals surface area contributed by atoms with Crippen LogP contribution in [0.3, 0.4) is 0 Å². The van der Waals surface area contributed by atoms with Gasteiger partial charge in [0.25, 0.3) is 0 Å². The maximum atomic E-state index is 11.6. The van der Waals surface area contributed by atoms with E-state index in [0.717, 1.165) is 81.7 Å². The molecular weight excluding hydrogens is 382 g/mol. The van der Waals surface area contributed by atoms with Gasteiger partial charge in [0.2, 0.25) is 11.8 Å². The zero-order valence-electron chi connectivity index (χ0n) is 18.1. The number of hydrogen-bond donors (Lipinski definition) is 2. The molecule has 1 saturated carbocycles. The van der Waals surface area contributed by atoms with Crippen LogP contribution in [-0.2, 0) is 16.0 Å². The molecule has 2 N–H and O–H groups in total. The smallest absolute Gasteiger partial charge is 0.357 e. The van der Waals surface area contributed by atoms with Crippen LogP contribution in [0.2, 0.25) is 0 Å². The molecule has 0 saturated heterocycles. The molecule has 8 nitrogen and oxygen atoms in total. The van der Waals surface area contributed by atoms with Crippen molar-refractivity contribution in [2.24, 2.45) is 4.99 Å². The number of nitrogens with zero attached hydrogens (tertiary/aromatic N) is 4. The lowest BCUT2D eigenvalue weighted by Crippen LogP contribution is -2.43. The summed E-state index contributed by atoms with van der Waals surface area (Å²) in [6.45, 7) is 6.27. The maximum absolute atomic E-state index is 11.6. The fraction of sp³-hybridized carbons (Fsp3) is 0.636. The van der Waals surface area contributed by atoms with Crippen LogP contribution in [0.1, 0.15) is 64.4 Å². The van der Waals surface area contributed by atoms with E-state index in [1.54, 1.807) is 0 Å². The van der Waals surface area contributed by atoms with Gasteiger partial charge >= 0.3 is 5.97 Å². The predicted octanol–water partition coefficient (Wildman–Crippen LogP) is 3.29. The highest BCUT2D eigenvalue weighted by molar-refractivity contribution is 5.96. The van der Waals surface area contributed by atoms with Crippen molar-refractivity contribution in [3.63, 3.8) is 0 Å². The molecule has 164 valence electrons. The molecule has 0 aromatic carbocycles. The Bertz CT molecular complexity index is 775. The van der Waals surface area contributed by atoms with Crippen LogP contribution >= 0.6 is 0 Å². The molecule has 30 heavy (non-hydrogen) atoms. The molecule has 8 heteroatoms. The fourth-order valence-electron chi connectivity index (χ4n) is 3.74. The first-order valence-electron chi connectivity index (χ1n) is 11.1. The van der Waals surface area contributed by atoms with E-state index in [4.69, 9.17) is 4.74 Å². The van der Waals surface area contributed by atoms with E-state index >= 15 is 0 Å². The second-order valence-corrected chi connectivity index (χ2v) is 7.82. The van der Waals surface area contributed by atoms with Gasteiger partial charge in [0.05, 0.1) is 12.6 Å². The number of nitrogens with one attached hydrogen (secondary N) is 1. The number of carboxylic acid groups (broad SMARTS) is 1. The largest absolute Gasteiger partial charge is 0.476 e. The minimum absolute atomic E-state index is 0.0324. The lowest BCUT2D eigenvalue weighted by molar-refractivity contribution is -0.133. The Morgan fingerprint density at radius 1 is 1.23 bits per heavy atom. The van der Waals surface area contributed by atoms with Crippen molar-refractivity contribution in [3.8, 4) is 0 Å². The van der Waals surface area contributed by atoms with Gasteiger partial charge in [0.15, 0.2) is 5.70 Å². The van der Waals surface area contributed by atoms with E-state index in [1.165, 1.54) is 0 Å². The van der Waals surface area contributed by atoms with Crippen molar-refractivity contribution >= 4 is 17.6 Å². The van der Waals surface area contributed by atoms with Gasteiger partial charge in [-0.2, -0.15) is 0 Å². The van der Waals surface area contributed by atoms with E-state index in [-0.39, 0.29) is 17.6 Å². The molecule has 1 unspecified atom stereocenters. The van der Waals surface area contributed by atoms with E-state index < -0.39 is 5.97 Å². The number of rotatable bonds is 11. The van der Waals surface area contributed by atoms with Crippen molar-refractivity contribution in [3.05, 3.63) is 29.5 Å². The molecule has 1 aromatic heterocycles. The highest BCUT2D eigenvalue weighted by Gasteiger charge is 2.30. The van der Waals surface area contributed by atoms with E-state index in [1.807, 2.05) is 12.4 Å². The molecule has 2 aliphatic rings. The summed E-state index contributed by atoms with van der Waals surface area (Å²) < 4.78 is 5.81. The Morgan fingerprint density at radius 2 is 2.00 bits per heavy atom. The Hall–Kier alpha value is -2.64. The van der Waals surface area contributed by atoms with Crippen molar-refractivity contribution in [1.29, 1.82) is 0 Å². The van der Waals surface area contributed by atoms with Gasteiger partial charge in [-0.3, -0.25) is 0 Å². The summed E-state index contributed by atoms with van der Waals surface area (Å²) in [5.74, 6) is -0.0811. The second-order valence-electron chi connectivity index (χ2n) is 7.82. The van der Waals surface area contributed by atoms with Crippen LogP contribution in [0, 0.1) is 0 Å². The Morgan fingerprint density at radius 3 is 2.70 bits per heavy atom. The van der Waals surface area contributed by atoms with Gasteiger partial charge in [-0.15, -0.1) is 0 Å². The zero-order valence-corrected chi connectivity index (χ0v) is 18.1. The van der Waals surface area contributed by atoms with Gasteiger partial charge in [0, 0.05) is 31.2 Å². The van der Waals surface area contributed by atoms with Gasteiger partial charge in [-0.1, -0.05) is 26.7 Å². The van der Waals surface area contributed by atoms with Crippen molar-refractivity contribution in [2.75, 3.05) is 24.6 Å². The predicted molar refractivity (Wildman–Crippen MR) is 117 cm³/mol. The van der Waals surface area contributed by atoms with Crippen LogP contribution < -0.4 is 10.2 Å². The average molecular weight is 416 g/mol. The van der Waals surface area contributed by atoms with E-state index in [2.05, 4.69) is 39.0 Å². The number of carbonyl (C=O) groups is 1. The standard InChI is InChI=1S/C22H33N5O3/c1-3-5-11-27(22-23-14-16(4-2)15-24-22)12-8-13-30-20-19(21(28)29)25-17-9-6-7-10-18(17)26-20/h14-15,17,25H,3-13H2,1-2H3,(H,28,29). The van der Waals surface area contributed by atoms with Crippen molar-refractivity contribution < 1.29 is 14.6 Å². The molecule has 2 heterocycles. The number of aromatic nitrogens is 2. The third-order valence-electron chi connectivity index (χ3n) is 5.54. The van der Waals surface area contributed by atoms with Crippen LogP contribution in [-0.4, -0.2) is 52.5 Å². The van der Waals surface area contributed by atoms with Crippen LogP contribution in [0.5, 0.6) is 0 Å². The van der Waals surface area contributed by atoms with Crippen LogP contribution in [0.25, 0.3) is 0 Å². The summed E-state index contributed by atoms with van der Waals surface area (Å²) >= 11 is 0. The molecular formula is C22H33N5O3. The normalized spacial score (nSPS) is 18.3. The van der Waals surface area contributed by atoms with E-state index in [0.29, 0.717) is 6.61 Å². The number of aliphatic carboxylic acids is 1. The second kappa shape index (κ2) is 10.9. The summed E-state index contributed by atoms with van der Waals surface area (Å²) in [5.41, 5.74) is 2.21. The Kier molecular flexibility index (Phi) is 8.04. The third kappa shape index (κ3) is 5.70. The first-order chi connectivity index (χ1) is 14.6. The van der Waals surface area contributed by atoms with Gasteiger partial charge in [-0.05, 0) is 44.1 Å². The number of hydrogen-bond acceptors (Lipinski definition) is 7. The quantitative estimate of drug-likeness (QED) is 0.535. The number of aryl methyl sites for hydroxylation is 1. The monoisotopic (exact) mass is 415 g/mol. The highest BCUT2D eigenvalue weighted by Crippen LogP contribution is 2.24. The number of anilines is 1. The molecule has 1 aliphatic heterocycles. The third-order valence-corrected chi connectivity index (χ3v) is 5.54. The first-order valence-corrected chi connectivity index (χ1v) is 11.1. The number of unbranched alkanes of at least 4 members (excludes halogenated alkanes) is 1. The fourth-order valence-corrected chi connectivity index (χ4v) is 3.74. The van der Waals surface area contributed by atoms with Crippen LogP contribution in [0.15, 0.2) is 29.0 Å². The summed E-state index contributed by atoms with van der Waals surface area (Å²) in [7, 11) is 0. The number of fused-ring (bicyclic) bond motifs is 1. The molecule has 0 amide bonds. The van der Waals surface area contributed by atoms with Gasteiger partial charge < -0.3 is 20.1 Å². The number of aliphatic imine (C=N–C) groups is 1. The Balaban J connectivity index is 1.58. The Labute approximate surface area is 178 Å². The minimum atomic E-state index is -1.02. The summed E-state index contributed by atoms with van der Waals surface area (Å²) in [4.78, 5) is 27.4. The SMILES string of the molecule is CCCCN(CCCOC1=C(C(=O)O)NC2CCCCC2=N1)c1ncc(CC)cn1. The molecule has 1 fully saturated rings. The summed E-state index contributed by atoms with van der Waals surface area (Å²) in [5, 5.41) is 12.7.